The summed E-state index contributed by atoms with van der Waals surface area (Å²) >= 11 is 12.1. The number of likely N-dealkylation sites (N-methyl/N-ethyl adjacent to an activating group) is 1. The Morgan fingerprint density at radius 3 is 2.19 bits per heavy atom. The van der Waals surface area contributed by atoms with E-state index in [0.29, 0.717) is 35.7 Å². The molecule has 0 aliphatic heterocycles. The number of rotatable bonds is 2. The maximum atomic E-state index is 12.8. The van der Waals surface area contributed by atoms with Crippen LogP contribution in [0.2, 0.25) is 10.0 Å². The second kappa shape index (κ2) is 5.79. The summed E-state index contributed by atoms with van der Waals surface area (Å²) in [6.07, 6.45) is 2.39. The summed E-state index contributed by atoms with van der Waals surface area (Å²) in [5, 5.41) is 11.1. The van der Waals surface area contributed by atoms with Crippen LogP contribution in [0, 0.1) is 0 Å². The first-order valence-corrected chi connectivity index (χ1v) is 7.83. The van der Waals surface area contributed by atoms with Gasteiger partial charge < -0.3 is 10.0 Å². The molecule has 0 heterocycles. The molecule has 1 aromatic rings. The third-order valence-corrected chi connectivity index (χ3v) is 5.21. The van der Waals surface area contributed by atoms with Crippen LogP contribution in [0.5, 0.6) is 0 Å². The molecular formula is C16H21Cl2NO2. The Labute approximate surface area is 135 Å². The van der Waals surface area contributed by atoms with E-state index < -0.39 is 11.0 Å². The van der Waals surface area contributed by atoms with Crippen molar-refractivity contribution in [3.63, 3.8) is 0 Å². The number of halogens is 2. The number of carbonyl (C=O) groups is 1. The van der Waals surface area contributed by atoms with Gasteiger partial charge in [-0.05, 0) is 50.3 Å². The average Bonchev–Trinajstić information content (AvgIpc) is 2.42. The van der Waals surface area contributed by atoms with Crippen molar-refractivity contribution >= 4 is 29.1 Å². The lowest BCUT2D eigenvalue weighted by Crippen LogP contribution is -2.49. The largest absolute Gasteiger partial charge is 0.390 e. The Kier molecular flexibility index (Phi) is 4.57. The van der Waals surface area contributed by atoms with Crippen molar-refractivity contribution in [1.29, 1.82) is 0 Å². The number of hydrogen-bond donors (Lipinski definition) is 1. The van der Waals surface area contributed by atoms with E-state index in [2.05, 4.69) is 0 Å². The van der Waals surface area contributed by atoms with Gasteiger partial charge in [0.1, 0.15) is 0 Å². The summed E-state index contributed by atoms with van der Waals surface area (Å²) in [4.78, 5) is 14.4. The molecule has 1 aromatic carbocycles. The second-order valence-electron chi connectivity index (χ2n) is 6.41. The van der Waals surface area contributed by atoms with E-state index in [1.807, 2.05) is 13.0 Å². The van der Waals surface area contributed by atoms with Crippen molar-refractivity contribution in [2.24, 2.45) is 0 Å². The monoisotopic (exact) mass is 329 g/mol. The predicted octanol–water partition coefficient (Wildman–Crippen LogP) is 3.64. The third kappa shape index (κ3) is 3.20. The van der Waals surface area contributed by atoms with Gasteiger partial charge >= 0.3 is 0 Å². The smallest absolute Gasteiger partial charge is 0.232 e. The molecule has 1 N–H and O–H groups in total. The summed E-state index contributed by atoms with van der Waals surface area (Å²) in [6, 6.07) is 5.39. The number of carbonyl (C=O) groups excluding carboxylic acids is 1. The van der Waals surface area contributed by atoms with Crippen molar-refractivity contribution in [1.82, 2.24) is 4.90 Å². The lowest BCUT2D eigenvalue weighted by Gasteiger charge is -2.43. The SMILES string of the molecule is CN(C)C(=O)[C@]1(c2ccc(Cl)c(Cl)c2)CC[C@](C)(O)CC1. The highest BCUT2D eigenvalue weighted by Gasteiger charge is 2.46. The molecule has 0 spiro atoms. The first-order chi connectivity index (χ1) is 9.68. The summed E-state index contributed by atoms with van der Waals surface area (Å²) in [7, 11) is 3.52. The molecule has 0 aromatic heterocycles. The molecule has 3 nitrogen and oxygen atoms in total. The van der Waals surface area contributed by atoms with Gasteiger partial charge in [0.05, 0.1) is 21.1 Å². The van der Waals surface area contributed by atoms with Crippen LogP contribution >= 0.6 is 23.2 Å². The van der Waals surface area contributed by atoms with E-state index >= 15 is 0 Å². The molecule has 0 atom stereocenters. The van der Waals surface area contributed by atoms with Crippen LogP contribution < -0.4 is 0 Å². The van der Waals surface area contributed by atoms with Crippen LogP contribution in [0.1, 0.15) is 38.2 Å². The fourth-order valence-corrected chi connectivity index (χ4v) is 3.36. The number of hydrogen-bond acceptors (Lipinski definition) is 2. The van der Waals surface area contributed by atoms with Gasteiger partial charge in [-0.2, -0.15) is 0 Å². The molecular weight excluding hydrogens is 309 g/mol. The maximum Gasteiger partial charge on any atom is 0.232 e. The number of nitrogens with zero attached hydrogens (tertiary/aromatic N) is 1. The molecule has 21 heavy (non-hydrogen) atoms. The van der Waals surface area contributed by atoms with Crippen LogP contribution in [0.3, 0.4) is 0 Å². The fraction of sp³-hybridized carbons (Fsp3) is 0.562. The van der Waals surface area contributed by atoms with Crippen LogP contribution in [0.4, 0.5) is 0 Å². The van der Waals surface area contributed by atoms with E-state index in [-0.39, 0.29) is 5.91 Å². The molecule has 1 aliphatic rings. The summed E-state index contributed by atoms with van der Waals surface area (Å²) in [5.74, 6) is 0.0522. The highest BCUT2D eigenvalue weighted by Crippen LogP contribution is 2.45. The molecule has 0 bridgehead atoms. The molecule has 0 radical (unpaired) electrons. The van der Waals surface area contributed by atoms with Crippen LogP contribution in [0.15, 0.2) is 18.2 Å². The first kappa shape index (κ1) is 16.6. The van der Waals surface area contributed by atoms with E-state index in [1.165, 1.54) is 0 Å². The molecule has 1 fully saturated rings. The summed E-state index contributed by atoms with van der Waals surface area (Å²) in [5.41, 5.74) is -0.446. The Balaban J connectivity index is 2.46. The van der Waals surface area contributed by atoms with Gasteiger partial charge in [-0.15, -0.1) is 0 Å². The van der Waals surface area contributed by atoms with Crippen molar-refractivity contribution in [3.05, 3.63) is 33.8 Å². The van der Waals surface area contributed by atoms with Gasteiger partial charge in [-0.1, -0.05) is 29.3 Å². The zero-order valence-electron chi connectivity index (χ0n) is 12.6. The van der Waals surface area contributed by atoms with Crippen molar-refractivity contribution < 1.29 is 9.90 Å². The van der Waals surface area contributed by atoms with Crippen molar-refractivity contribution in [2.75, 3.05) is 14.1 Å². The van der Waals surface area contributed by atoms with Gasteiger partial charge in [0.25, 0.3) is 0 Å². The normalized spacial score (nSPS) is 29.2. The van der Waals surface area contributed by atoms with Crippen LogP contribution in [0.25, 0.3) is 0 Å². The van der Waals surface area contributed by atoms with Crippen molar-refractivity contribution in [3.8, 4) is 0 Å². The Bertz CT molecular complexity index is 545. The average molecular weight is 330 g/mol. The molecule has 0 saturated heterocycles. The van der Waals surface area contributed by atoms with Gasteiger partial charge in [0.2, 0.25) is 5.91 Å². The van der Waals surface area contributed by atoms with Crippen molar-refractivity contribution in [2.45, 2.75) is 43.6 Å². The minimum atomic E-state index is -0.702. The summed E-state index contributed by atoms with van der Waals surface area (Å²) in [6.45, 7) is 1.83. The van der Waals surface area contributed by atoms with Crippen LogP contribution in [-0.2, 0) is 10.2 Å². The lowest BCUT2D eigenvalue weighted by molar-refractivity contribution is -0.138. The van der Waals surface area contributed by atoms with E-state index in [9.17, 15) is 9.90 Å². The predicted molar refractivity (Wildman–Crippen MR) is 85.9 cm³/mol. The Morgan fingerprint density at radius 2 is 1.71 bits per heavy atom. The summed E-state index contributed by atoms with van der Waals surface area (Å²) < 4.78 is 0. The molecule has 1 amide bonds. The Hall–Kier alpha value is -0.770. The number of amides is 1. The zero-order chi connectivity index (χ0) is 15.8. The molecule has 116 valence electrons. The third-order valence-electron chi connectivity index (χ3n) is 4.47. The highest BCUT2D eigenvalue weighted by atomic mass is 35.5. The molecule has 1 aliphatic carbocycles. The quantitative estimate of drug-likeness (QED) is 0.899. The minimum absolute atomic E-state index is 0.0522. The molecule has 2 rings (SSSR count). The van der Waals surface area contributed by atoms with Gasteiger partial charge in [0.15, 0.2) is 0 Å². The Morgan fingerprint density at radius 1 is 1.14 bits per heavy atom. The molecule has 1 saturated carbocycles. The lowest BCUT2D eigenvalue weighted by atomic mass is 9.65. The molecule has 5 heteroatoms. The van der Waals surface area contributed by atoms with E-state index in [4.69, 9.17) is 23.2 Å². The van der Waals surface area contributed by atoms with Gasteiger partial charge in [0, 0.05) is 14.1 Å². The number of benzene rings is 1. The maximum absolute atomic E-state index is 12.8. The van der Waals surface area contributed by atoms with Gasteiger partial charge in [-0.3, -0.25) is 4.79 Å². The number of aliphatic hydroxyl groups is 1. The molecule has 0 unspecified atom stereocenters. The van der Waals surface area contributed by atoms with Crippen LogP contribution in [-0.4, -0.2) is 35.6 Å². The van der Waals surface area contributed by atoms with Gasteiger partial charge in [-0.25, -0.2) is 0 Å². The zero-order valence-corrected chi connectivity index (χ0v) is 14.1. The van der Waals surface area contributed by atoms with E-state index in [0.717, 1.165) is 5.56 Å². The van der Waals surface area contributed by atoms with E-state index in [1.54, 1.807) is 31.1 Å². The first-order valence-electron chi connectivity index (χ1n) is 7.08. The fourth-order valence-electron chi connectivity index (χ4n) is 3.06. The highest BCUT2D eigenvalue weighted by molar-refractivity contribution is 6.42. The minimum Gasteiger partial charge on any atom is -0.390 e. The topological polar surface area (TPSA) is 40.5 Å². The standard InChI is InChI=1S/C16H21Cl2NO2/c1-15(21)6-8-16(9-7-15,14(20)19(2)3)11-4-5-12(17)13(18)10-11/h4-5,10,21H,6-9H2,1-3H3/t15-,16+. The second-order valence-corrected chi connectivity index (χ2v) is 7.22.